The molecule has 1 rings (SSSR count). The maximum absolute atomic E-state index is 8.79. The van der Waals surface area contributed by atoms with Gasteiger partial charge in [0.05, 0.1) is 12.9 Å². The van der Waals surface area contributed by atoms with Crippen molar-refractivity contribution in [1.29, 1.82) is 0 Å². The molecule has 0 fully saturated rings. The summed E-state index contributed by atoms with van der Waals surface area (Å²) in [6.45, 7) is 3.46. The average Bonchev–Trinajstić information content (AvgIpc) is 1.77. The van der Waals surface area contributed by atoms with Gasteiger partial charge in [0.2, 0.25) is 5.88 Å². The molecular formula is C5H7N2O. The smallest absolute Gasteiger partial charge is 0.213 e. The number of nitrogens with one attached hydrogen (secondary N) is 1. The first kappa shape index (κ1) is 5.15. The fourth-order valence-corrected chi connectivity index (χ4v) is 0.427. The van der Waals surface area contributed by atoms with Gasteiger partial charge in [-0.3, -0.25) is 0 Å². The third-order valence-corrected chi connectivity index (χ3v) is 0.914. The lowest BCUT2D eigenvalue weighted by atomic mass is 10.3. The molecule has 0 atom stereocenters. The largest absolute Gasteiger partial charge is 0.493 e. The molecule has 1 aliphatic heterocycles. The SMILES string of the molecule is CC1=C(O)N=CN[CH]1. The van der Waals surface area contributed by atoms with Gasteiger partial charge in [0, 0.05) is 5.57 Å². The summed E-state index contributed by atoms with van der Waals surface area (Å²) >= 11 is 0. The minimum Gasteiger partial charge on any atom is -0.493 e. The number of rotatable bonds is 0. The first-order chi connectivity index (χ1) is 3.80. The molecule has 0 unspecified atom stereocenters. The maximum atomic E-state index is 8.79. The highest BCUT2D eigenvalue weighted by Gasteiger charge is 2.00. The fraction of sp³-hybridized carbons (Fsp3) is 0.200. The zero-order valence-electron chi connectivity index (χ0n) is 4.55. The van der Waals surface area contributed by atoms with Crippen LogP contribution in [0.2, 0.25) is 0 Å². The number of aliphatic hydroxyl groups is 1. The van der Waals surface area contributed by atoms with Crippen molar-refractivity contribution in [2.45, 2.75) is 6.92 Å². The Morgan fingerprint density at radius 2 is 2.50 bits per heavy atom. The molecule has 3 heteroatoms. The Kier molecular flexibility index (Phi) is 1.20. The predicted molar refractivity (Wildman–Crippen MR) is 31.3 cm³/mol. The van der Waals surface area contributed by atoms with Gasteiger partial charge in [-0.2, -0.15) is 0 Å². The standard InChI is InChI=1S/C5H7N2O/c1-4-2-6-3-7-5(4)8/h2-3,8H,1H3,(H,6,7). The second-order valence-electron chi connectivity index (χ2n) is 1.58. The van der Waals surface area contributed by atoms with Crippen LogP contribution >= 0.6 is 0 Å². The molecule has 43 valence electrons. The van der Waals surface area contributed by atoms with E-state index in [2.05, 4.69) is 10.3 Å². The first-order valence-corrected chi connectivity index (χ1v) is 2.32. The number of hydrogen-bond donors (Lipinski definition) is 2. The minimum atomic E-state index is 0.0868. The molecule has 8 heavy (non-hydrogen) atoms. The van der Waals surface area contributed by atoms with E-state index in [9.17, 15) is 0 Å². The van der Waals surface area contributed by atoms with Crippen LogP contribution in [-0.4, -0.2) is 11.4 Å². The van der Waals surface area contributed by atoms with Crippen LogP contribution in [0.1, 0.15) is 6.92 Å². The Labute approximate surface area is 47.7 Å². The second-order valence-corrected chi connectivity index (χ2v) is 1.58. The lowest BCUT2D eigenvalue weighted by Gasteiger charge is -2.05. The second kappa shape index (κ2) is 1.86. The zero-order valence-corrected chi connectivity index (χ0v) is 4.55. The van der Waals surface area contributed by atoms with E-state index in [0.717, 1.165) is 5.57 Å². The molecule has 0 aromatic heterocycles. The quantitative estimate of drug-likeness (QED) is 0.480. The van der Waals surface area contributed by atoms with Gasteiger partial charge in [-0.15, -0.1) is 0 Å². The predicted octanol–water partition coefficient (Wildman–Crippen LogP) is 0.569. The van der Waals surface area contributed by atoms with E-state index < -0.39 is 0 Å². The Morgan fingerprint density at radius 1 is 1.75 bits per heavy atom. The molecule has 0 aliphatic carbocycles. The molecule has 3 nitrogen and oxygen atoms in total. The van der Waals surface area contributed by atoms with E-state index in [1.165, 1.54) is 6.34 Å². The van der Waals surface area contributed by atoms with E-state index in [-0.39, 0.29) is 5.88 Å². The average molecular weight is 111 g/mol. The van der Waals surface area contributed by atoms with Gasteiger partial charge in [0.15, 0.2) is 0 Å². The van der Waals surface area contributed by atoms with Gasteiger partial charge in [-0.25, -0.2) is 4.99 Å². The van der Waals surface area contributed by atoms with Crippen LogP contribution in [0.4, 0.5) is 0 Å². The molecule has 1 heterocycles. The number of hydrogen-bond acceptors (Lipinski definition) is 3. The van der Waals surface area contributed by atoms with Crippen LogP contribution in [0.3, 0.4) is 0 Å². The summed E-state index contributed by atoms with van der Waals surface area (Å²) in [5.41, 5.74) is 0.757. The lowest BCUT2D eigenvalue weighted by molar-refractivity contribution is 0.398. The summed E-state index contributed by atoms with van der Waals surface area (Å²) in [5, 5.41) is 11.5. The van der Waals surface area contributed by atoms with Crippen LogP contribution < -0.4 is 5.32 Å². The fourth-order valence-electron chi connectivity index (χ4n) is 0.427. The Bertz CT molecular complexity index is 149. The van der Waals surface area contributed by atoms with Crippen molar-refractivity contribution >= 4 is 6.34 Å². The molecule has 0 spiro atoms. The van der Waals surface area contributed by atoms with Gasteiger partial charge in [-0.05, 0) is 6.92 Å². The van der Waals surface area contributed by atoms with Crippen LogP contribution in [-0.2, 0) is 0 Å². The van der Waals surface area contributed by atoms with E-state index in [1.807, 2.05) is 0 Å². The molecular weight excluding hydrogens is 104 g/mol. The minimum absolute atomic E-state index is 0.0868. The van der Waals surface area contributed by atoms with Crippen molar-refractivity contribution < 1.29 is 5.11 Å². The first-order valence-electron chi connectivity index (χ1n) is 2.32. The highest BCUT2D eigenvalue weighted by Crippen LogP contribution is 2.04. The van der Waals surface area contributed by atoms with Gasteiger partial charge in [0.1, 0.15) is 0 Å². The summed E-state index contributed by atoms with van der Waals surface area (Å²) < 4.78 is 0. The van der Waals surface area contributed by atoms with Gasteiger partial charge in [-0.1, -0.05) is 0 Å². The molecule has 1 radical (unpaired) electrons. The van der Waals surface area contributed by atoms with Gasteiger partial charge in [0.25, 0.3) is 0 Å². The third kappa shape index (κ3) is 0.804. The summed E-state index contributed by atoms with van der Waals surface area (Å²) in [7, 11) is 0. The molecule has 0 saturated heterocycles. The Hall–Kier alpha value is -0.990. The van der Waals surface area contributed by atoms with E-state index in [4.69, 9.17) is 5.11 Å². The van der Waals surface area contributed by atoms with Crippen molar-refractivity contribution in [3.63, 3.8) is 0 Å². The monoisotopic (exact) mass is 111 g/mol. The Balaban J connectivity index is 2.76. The molecule has 0 saturated carbocycles. The summed E-state index contributed by atoms with van der Waals surface area (Å²) in [5.74, 6) is 0.0868. The Morgan fingerprint density at radius 3 is 2.88 bits per heavy atom. The van der Waals surface area contributed by atoms with E-state index in [0.29, 0.717) is 0 Å². The molecule has 0 aromatic carbocycles. The highest BCUT2D eigenvalue weighted by atomic mass is 16.3. The van der Waals surface area contributed by atoms with E-state index >= 15 is 0 Å². The topological polar surface area (TPSA) is 44.6 Å². The molecule has 1 aliphatic rings. The van der Waals surface area contributed by atoms with Crippen molar-refractivity contribution in [2.75, 3.05) is 0 Å². The lowest BCUT2D eigenvalue weighted by Crippen LogP contribution is -2.12. The van der Waals surface area contributed by atoms with Gasteiger partial charge < -0.3 is 10.4 Å². The zero-order chi connectivity index (χ0) is 5.98. The number of aliphatic imine (C=N–C) groups is 1. The number of nitrogens with zero attached hydrogens (tertiary/aromatic N) is 1. The summed E-state index contributed by atoms with van der Waals surface area (Å²) in [6, 6.07) is 0. The normalized spacial score (nSPS) is 18.6. The van der Waals surface area contributed by atoms with Crippen LogP contribution in [0.25, 0.3) is 0 Å². The van der Waals surface area contributed by atoms with Crippen molar-refractivity contribution in [3.8, 4) is 0 Å². The van der Waals surface area contributed by atoms with Crippen molar-refractivity contribution in [1.82, 2.24) is 5.32 Å². The van der Waals surface area contributed by atoms with Crippen LogP contribution in [0, 0.1) is 6.54 Å². The number of aliphatic hydroxyl groups excluding tert-OH is 1. The highest BCUT2D eigenvalue weighted by molar-refractivity contribution is 5.60. The van der Waals surface area contributed by atoms with Crippen molar-refractivity contribution in [2.24, 2.45) is 4.99 Å². The van der Waals surface area contributed by atoms with Gasteiger partial charge >= 0.3 is 0 Å². The summed E-state index contributed by atoms with van der Waals surface area (Å²) in [6.07, 6.45) is 1.43. The van der Waals surface area contributed by atoms with Crippen molar-refractivity contribution in [3.05, 3.63) is 18.0 Å². The maximum Gasteiger partial charge on any atom is 0.213 e. The summed E-state index contributed by atoms with van der Waals surface area (Å²) in [4.78, 5) is 3.58. The molecule has 2 N–H and O–H groups in total. The molecule has 0 bridgehead atoms. The van der Waals surface area contributed by atoms with Crippen LogP contribution in [0.5, 0.6) is 0 Å². The van der Waals surface area contributed by atoms with E-state index in [1.54, 1.807) is 13.5 Å². The van der Waals surface area contributed by atoms with Crippen LogP contribution in [0.15, 0.2) is 16.4 Å². The molecule has 0 aromatic rings. The molecule has 0 amide bonds. The third-order valence-electron chi connectivity index (χ3n) is 0.914.